The quantitative estimate of drug-likeness (QED) is 0.902. The second-order valence-electron chi connectivity index (χ2n) is 5.14. The zero-order chi connectivity index (χ0) is 14.5. The van der Waals surface area contributed by atoms with Crippen molar-refractivity contribution in [2.45, 2.75) is 25.8 Å². The number of hydrogen-bond donors (Lipinski definition) is 1. The predicted molar refractivity (Wildman–Crippen MR) is 82.2 cm³/mol. The van der Waals surface area contributed by atoms with Gasteiger partial charge in [0, 0.05) is 11.8 Å². The first-order valence-corrected chi connectivity index (χ1v) is 6.93. The molecule has 3 nitrogen and oxygen atoms in total. The SMILES string of the molecule is CNC(c1ccc(C(C)C)cc1)c1cccnc1OC. The van der Waals surface area contributed by atoms with Crippen LogP contribution in [-0.4, -0.2) is 19.1 Å². The molecule has 0 aliphatic heterocycles. The molecule has 20 heavy (non-hydrogen) atoms. The molecule has 1 unspecified atom stereocenters. The van der Waals surface area contributed by atoms with E-state index in [1.165, 1.54) is 11.1 Å². The summed E-state index contributed by atoms with van der Waals surface area (Å²) in [6.07, 6.45) is 1.75. The summed E-state index contributed by atoms with van der Waals surface area (Å²) in [6, 6.07) is 12.8. The molecule has 0 radical (unpaired) electrons. The van der Waals surface area contributed by atoms with Gasteiger partial charge >= 0.3 is 0 Å². The summed E-state index contributed by atoms with van der Waals surface area (Å²) in [5.41, 5.74) is 3.61. The maximum atomic E-state index is 5.36. The predicted octanol–water partition coefficient (Wildman–Crippen LogP) is 3.52. The zero-order valence-corrected chi connectivity index (χ0v) is 12.6. The van der Waals surface area contributed by atoms with Gasteiger partial charge in [0.1, 0.15) is 0 Å². The number of aromatic nitrogens is 1. The van der Waals surface area contributed by atoms with Gasteiger partial charge in [-0.3, -0.25) is 0 Å². The van der Waals surface area contributed by atoms with Gasteiger partial charge in [-0.1, -0.05) is 44.2 Å². The maximum Gasteiger partial charge on any atom is 0.218 e. The van der Waals surface area contributed by atoms with E-state index < -0.39 is 0 Å². The molecule has 0 spiro atoms. The van der Waals surface area contributed by atoms with Crippen molar-refractivity contribution >= 4 is 0 Å². The molecule has 3 heteroatoms. The first-order chi connectivity index (χ1) is 9.67. The van der Waals surface area contributed by atoms with Crippen LogP contribution in [0.5, 0.6) is 5.88 Å². The number of benzene rings is 1. The monoisotopic (exact) mass is 270 g/mol. The van der Waals surface area contributed by atoms with Crippen molar-refractivity contribution in [3.8, 4) is 5.88 Å². The average molecular weight is 270 g/mol. The number of methoxy groups -OCH3 is 1. The van der Waals surface area contributed by atoms with Crippen LogP contribution >= 0.6 is 0 Å². The highest BCUT2D eigenvalue weighted by molar-refractivity contribution is 5.38. The maximum absolute atomic E-state index is 5.36. The zero-order valence-electron chi connectivity index (χ0n) is 12.6. The molecule has 0 aliphatic rings. The van der Waals surface area contributed by atoms with Gasteiger partial charge in [-0.2, -0.15) is 0 Å². The van der Waals surface area contributed by atoms with E-state index in [-0.39, 0.29) is 6.04 Å². The summed E-state index contributed by atoms with van der Waals surface area (Å²) in [5.74, 6) is 1.21. The van der Waals surface area contributed by atoms with E-state index in [0.29, 0.717) is 11.8 Å². The Labute approximate surface area is 121 Å². The third-order valence-corrected chi connectivity index (χ3v) is 3.53. The van der Waals surface area contributed by atoms with Gasteiger partial charge in [-0.05, 0) is 30.2 Å². The van der Waals surface area contributed by atoms with Crippen LogP contribution in [0.2, 0.25) is 0 Å². The molecule has 1 N–H and O–H groups in total. The van der Waals surface area contributed by atoms with Crippen molar-refractivity contribution in [2.75, 3.05) is 14.2 Å². The Hall–Kier alpha value is -1.87. The molecule has 0 fully saturated rings. The Balaban J connectivity index is 2.36. The lowest BCUT2D eigenvalue weighted by molar-refractivity contribution is 0.388. The highest BCUT2D eigenvalue weighted by atomic mass is 16.5. The lowest BCUT2D eigenvalue weighted by Crippen LogP contribution is -2.18. The molecule has 2 rings (SSSR count). The summed E-state index contributed by atoms with van der Waals surface area (Å²) in [5, 5.41) is 3.34. The van der Waals surface area contributed by atoms with E-state index in [1.807, 2.05) is 19.2 Å². The molecule has 1 atom stereocenters. The Morgan fingerprint density at radius 1 is 1.05 bits per heavy atom. The first-order valence-electron chi connectivity index (χ1n) is 6.93. The summed E-state index contributed by atoms with van der Waals surface area (Å²) in [7, 11) is 3.61. The Morgan fingerprint density at radius 3 is 2.25 bits per heavy atom. The van der Waals surface area contributed by atoms with Crippen LogP contribution < -0.4 is 10.1 Å². The van der Waals surface area contributed by atoms with Gasteiger partial charge in [0.15, 0.2) is 0 Å². The Kier molecular flexibility index (Phi) is 4.74. The average Bonchev–Trinajstić information content (AvgIpc) is 2.49. The molecular weight excluding hydrogens is 248 g/mol. The highest BCUT2D eigenvalue weighted by Gasteiger charge is 2.17. The van der Waals surface area contributed by atoms with Crippen molar-refractivity contribution < 1.29 is 4.74 Å². The Bertz CT molecular complexity index is 549. The largest absolute Gasteiger partial charge is 0.481 e. The standard InChI is InChI=1S/C17H22N2O/c1-12(2)13-7-9-14(10-8-13)16(18-3)15-6-5-11-19-17(15)20-4/h5-12,16,18H,1-4H3. The summed E-state index contributed by atoms with van der Waals surface area (Å²) >= 11 is 0. The van der Waals surface area contributed by atoms with Crippen molar-refractivity contribution in [3.05, 3.63) is 59.3 Å². The van der Waals surface area contributed by atoms with Crippen LogP contribution in [0.15, 0.2) is 42.6 Å². The van der Waals surface area contributed by atoms with Gasteiger partial charge in [0.05, 0.1) is 13.2 Å². The number of pyridine rings is 1. The lowest BCUT2D eigenvalue weighted by Gasteiger charge is -2.19. The van der Waals surface area contributed by atoms with Crippen molar-refractivity contribution in [1.29, 1.82) is 0 Å². The van der Waals surface area contributed by atoms with Crippen LogP contribution in [0.1, 0.15) is 42.5 Å². The molecule has 1 aromatic heterocycles. The fourth-order valence-electron chi connectivity index (χ4n) is 2.37. The van der Waals surface area contributed by atoms with Crippen LogP contribution in [0.3, 0.4) is 0 Å². The van der Waals surface area contributed by atoms with Crippen LogP contribution in [-0.2, 0) is 0 Å². The molecule has 0 amide bonds. The number of ether oxygens (including phenoxy) is 1. The number of rotatable bonds is 5. The number of nitrogens with one attached hydrogen (secondary N) is 1. The van der Waals surface area contributed by atoms with E-state index in [9.17, 15) is 0 Å². The summed E-state index contributed by atoms with van der Waals surface area (Å²) in [6.45, 7) is 4.41. The van der Waals surface area contributed by atoms with Crippen LogP contribution in [0.25, 0.3) is 0 Å². The fraction of sp³-hybridized carbons (Fsp3) is 0.353. The van der Waals surface area contributed by atoms with E-state index >= 15 is 0 Å². The van der Waals surface area contributed by atoms with E-state index in [0.717, 1.165) is 5.56 Å². The fourth-order valence-corrected chi connectivity index (χ4v) is 2.37. The summed E-state index contributed by atoms with van der Waals surface area (Å²) in [4.78, 5) is 4.28. The molecule has 0 saturated carbocycles. The second kappa shape index (κ2) is 6.53. The molecule has 1 heterocycles. The van der Waals surface area contributed by atoms with E-state index in [4.69, 9.17) is 4.74 Å². The lowest BCUT2D eigenvalue weighted by atomic mass is 9.96. The van der Waals surface area contributed by atoms with Gasteiger partial charge in [0.2, 0.25) is 5.88 Å². The normalized spacial score (nSPS) is 12.4. The van der Waals surface area contributed by atoms with E-state index in [2.05, 4.69) is 48.4 Å². The topological polar surface area (TPSA) is 34.2 Å². The number of hydrogen-bond acceptors (Lipinski definition) is 3. The van der Waals surface area contributed by atoms with Gasteiger partial charge in [-0.25, -0.2) is 4.98 Å². The molecule has 2 aromatic rings. The van der Waals surface area contributed by atoms with E-state index in [1.54, 1.807) is 13.3 Å². The third kappa shape index (κ3) is 2.99. The van der Waals surface area contributed by atoms with Gasteiger partial charge in [-0.15, -0.1) is 0 Å². The Morgan fingerprint density at radius 2 is 1.70 bits per heavy atom. The smallest absolute Gasteiger partial charge is 0.218 e. The van der Waals surface area contributed by atoms with Gasteiger partial charge < -0.3 is 10.1 Å². The minimum Gasteiger partial charge on any atom is -0.481 e. The van der Waals surface area contributed by atoms with Crippen molar-refractivity contribution in [2.24, 2.45) is 0 Å². The highest BCUT2D eigenvalue weighted by Crippen LogP contribution is 2.28. The molecule has 1 aromatic carbocycles. The molecular formula is C17H22N2O. The van der Waals surface area contributed by atoms with Crippen molar-refractivity contribution in [3.63, 3.8) is 0 Å². The molecule has 106 valence electrons. The minimum atomic E-state index is 0.0832. The second-order valence-corrected chi connectivity index (χ2v) is 5.14. The van der Waals surface area contributed by atoms with Crippen LogP contribution in [0, 0.1) is 0 Å². The summed E-state index contributed by atoms with van der Waals surface area (Å²) < 4.78 is 5.36. The molecule has 0 saturated heterocycles. The van der Waals surface area contributed by atoms with Crippen molar-refractivity contribution in [1.82, 2.24) is 10.3 Å². The minimum absolute atomic E-state index is 0.0832. The molecule has 0 bridgehead atoms. The molecule has 0 aliphatic carbocycles. The van der Waals surface area contributed by atoms with Crippen LogP contribution in [0.4, 0.5) is 0 Å². The number of nitrogens with zero attached hydrogens (tertiary/aromatic N) is 1. The first kappa shape index (κ1) is 14.5. The van der Waals surface area contributed by atoms with Gasteiger partial charge in [0.25, 0.3) is 0 Å². The third-order valence-electron chi connectivity index (χ3n) is 3.53.